The highest BCUT2D eigenvalue weighted by molar-refractivity contribution is 5.84. The number of hydrogen-bond acceptors (Lipinski definition) is 4. The first-order chi connectivity index (χ1) is 5.34. The fraction of sp³-hybridized carbons (Fsp3) is 0.857. The predicted molar refractivity (Wildman–Crippen MR) is 43.3 cm³/mol. The summed E-state index contributed by atoms with van der Waals surface area (Å²) in [4.78, 5) is 11.2. The number of rotatable bonds is 3. The molecule has 0 aromatic carbocycles. The van der Waals surface area contributed by atoms with Gasteiger partial charge in [0.25, 0.3) is 0 Å². The van der Waals surface area contributed by atoms with Gasteiger partial charge in [-0.3, -0.25) is 4.79 Å². The first-order valence-electron chi connectivity index (χ1n) is 4.01. The monoisotopic (exact) mass is 157 g/mol. The highest BCUT2D eigenvalue weighted by atomic mass is 16.1. The molecular weight excluding hydrogens is 142 g/mol. The summed E-state index contributed by atoms with van der Waals surface area (Å²) in [7, 11) is 0. The highest BCUT2D eigenvalue weighted by Gasteiger charge is 2.18. The van der Waals surface area contributed by atoms with Crippen LogP contribution in [-0.4, -0.2) is 38.0 Å². The maximum Gasteiger partial charge on any atom is 0.152 e. The molecule has 1 heterocycles. The van der Waals surface area contributed by atoms with E-state index in [2.05, 4.69) is 10.6 Å². The van der Waals surface area contributed by atoms with Gasteiger partial charge >= 0.3 is 0 Å². The molecule has 1 unspecified atom stereocenters. The van der Waals surface area contributed by atoms with E-state index in [-0.39, 0.29) is 11.8 Å². The molecule has 1 saturated heterocycles. The molecule has 1 rings (SSSR count). The molecule has 4 heteroatoms. The summed E-state index contributed by atoms with van der Waals surface area (Å²) in [6.45, 7) is 3.03. The first-order valence-corrected chi connectivity index (χ1v) is 4.01. The molecule has 0 radical (unpaired) electrons. The predicted octanol–water partition coefficient (Wildman–Crippen LogP) is -1.53. The molecule has 1 aliphatic heterocycles. The number of Topliss-reactive ketones (excluding diaryl/α,β-unsaturated/α-hetero) is 1. The lowest BCUT2D eigenvalue weighted by Crippen LogP contribution is -2.52. The number of piperazine rings is 1. The van der Waals surface area contributed by atoms with E-state index in [1.165, 1.54) is 0 Å². The summed E-state index contributed by atoms with van der Waals surface area (Å²) in [6.07, 6.45) is 0.485. The molecular formula is C7H15N3O. The van der Waals surface area contributed by atoms with Gasteiger partial charge in [-0.25, -0.2) is 0 Å². The van der Waals surface area contributed by atoms with Crippen molar-refractivity contribution >= 4 is 5.78 Å². The minimum absolute atomic E-state index is 0.00713. The summed E-state index contributed by atoms with van der Waals surface area (Å²) in [5, 5.41) is 6.29. The maximum atomic E-state index is 11.2. The van der Waals surface area contributed by atoms with E-state index >= 15 is 0 Å². The van der Waals surface area contributed by atoms with Crippen LogP contribution >= 0.6 is 0 Å². The van der Waals surface area contributed by atoms with Crippen LogP contribution in [0.1, 0.15) is 6.42 Å². The molecule has 1 aliphatic rings. The smallest absolute Gasteiger partial charge is 0.152 e. The summed E-state index contributed by atoms with van der Waals surface area (Å²) in [5.41, 5.74) is 5.27. The molecule has 11 heavy (non-hydrogen) atoms. The summed E-state index contributed by atoms with van der Waals surface area (Å²) in [6, 6.07) is -0.00713. The zero-order valence-electron chi connectivity index (χ0n) is 6.60. The van der Waals surface area contributed by atoms with Crippen LogP contribution in [0.2, 0.25) is 0 Å². The van der Waals surface area contributed by atoms with Crippen LogP contribution in [0.4, 0.5) is 0 Å². The molecule has 0 saturated carbocycles. The third-order valence-electron chi connectivity index (χ3n) is 1.82. The maximum absolute atomic E-state index is 11.2. The Balaban J connectivity index is 2.27. The third kappa shape index (κ3) is 2.57. The second kappa shape index (κ2) is 4.43. The van der Waals surface area contributed by atoms with E-state index in [0.29, 0.717) is 13.0 Å². The van der Waals surface area contributed by atoms with Crippen molar-refractivity contribution in [1.29, 1.82) is 0 Å². The Hall–Kier alpha value is -0.450. The van der Waals surface area contributed by atoms with Crippen LogP contribution in [0.3, 0.4) is 0 Å². The van der Waals surface area contributed by atoms with E-state index in [1.54, 1.807) is 0 Å². The lowest BCUT2D eigenvalue weighted by atomic mass is 10.1. The fourth-order valence-electron chi connectivity index (χ4n) is 1.20. The average Bonchev–Trinajstić information content (AvgIpc) is 2.07. The summed E-state index contributed by atoms with van der Waals surface area (Å²) < 4.78 is 0. The van der Waals surface area contributed by atoms with Gasteiger partial charge in [0.05, 0.1) is 6.04 Å². The Bertz CT molecular complexity index is 132. The Morgan fingerprint density at radius 1 is 1.55 bits per heavy atom. The number of carbonyl (C=O) groups is 1. The molecule has 0 spiro atoms. The van der Waals surface area contributed by atoms with E-state index in [1.807, 2.05) is 0 Å². The minimum Gasteiger partial charge on any atom is -0.330 e. The number of carbonyl (C=O) groups excluding carboxylic acids is 1. The van der Waals surface area contributed by atoms with Crippen LogP contribution in [0, 0.1) is 0 Å². The van der Waals surface area contributed by atoms with Crippen LogP contribution in [0.25, 0.3) is 0 Å². The van der Waals surface area contributed by atoms with Crippen molar-refractivity contribution in [2.75, 3.05) is 26.2 Å². The van der Waals surface area contributed by atoms with Crippen molar-refractivity contribution in [2.45, 2.75) is 12.5 Å². The topological polar surface area (TPSA) is 67.2 Å². The van der Waals surface area contributed by atoms with Crippen molar-refractivity contribution in [3.8, 4) is 0 Å². The number of nitrogens with one attached hydrogen (secondary N) is 2. The summed E-state index contributed by atoms with van der Waals surface area (Å²) in [5.74, 6) is 0.222. The van der Waals surface area contributed by atoms with Crippen molar-refractivity contribution < 1.29 is 4.79 Å². The van der Waals surface area contributed by atoms with E-state index in [4.69, 9.17) is 5.73 Å². The standard InChI is InChI=1S/C7H15N3O/c8-2-1-7(11)6-5-9-3-4-10-6/h6,9-10H,1-5,8H2. The van der Waals surface area contributed by atoms with Crippen LogP contribution in [-0.2, 0) is 4.79 Å². The Kier molecular flexibility index (Phi) is 3.48. The quantitative estimate of drug-likeness (QED) is 0.465. The highest BCUT2D eigenvalue weighted by Crippen LogP contribution is 1.92. The van der Waals surface area contributed by atoms with Gasteiger partial charge in [-0.1, -0.05) is 0 Å². The molecule has 64 valence electrons. The third-order valence-corrected chi connectivity index (χ3v) is 1.82. The number of hydrogen-bond donors (Lipinski definition) is 3. The number of ketones is 1. The second-order valence-corrected chi connectivity index (χ2v) is 2.72. The molecule has 4 N–H and O–H groups in total. The van der Waals surface area contributed by atoms with Crippen molar-refractivity contribution in [3.63, 3.8) is 0 Å². The molecule has 1 atom stereocenters. The van der Waals surface area contributed by atoms with Gasteiger partial charge in [-0.2, -0.15) is 0 Å². The van der Waals surface area contributed by atoms with Gasteiger partial charge in [0.2, 0.25) is 0 Å². The van der Waals surface area contributed by atoms with Crippen LogP contribution in [0.15, 0.2) is 0 Å². The lowest BCUT2D eigenvalue weighted by Gasteiger charge is -2.22. The molecule has 4 nitrogen and oxygen atoms in total. The van der Waals surface area contributed by atoms with Crippen molar-refractivity contribution in [2.24, 2.45) is 5.73 Å². The normalized spacial score (nSPS) is 25.0. The SMILES string of the molecule is NCCC(=O)C1CNCCN1. The zero-order chi connectivity index (χ0) is 8.10. The Morgan fingerprint density at radius 3 is 2.91 bits per heavy atom. The largest absolute Gasteiger partial charge is 0.330 e. The van der Waals surface area contributed by atoms with Crippen molar-refractivity contribution in [1.82, 2.24) is 10.6 Å². The van der Waals surface area contributed by atoms with Gasteiger partial charge in [0, 0.05) is 26.1 Å². The first kappa shape index (κ1) is 8.64. The Morgan fingerprint density at radius 2 is 2.36 bits per heavy atom. The van der Waals surface area contributed by atoms with E-state index < -0.39 is 0 Å². The molecule has 0 aromatic heterocycles. The molecule has 0 amide bonds. The van der Waals surface area contributed by atoms with Gasteiger partial charge in [0.15, 0.2) is 5.78 Å². The average molecular weight is 157 g/mol. The molecule has 0 aromatic rings. The van der Waals surface area contributed by atoms with Crippen LogP contribution in [0.5, 0.6) is 0 Å². The van der Waals surface area contributed by atoms with Crippen molar-refractivity contribution in [3.05, 3.63) is 0 Å². The van der Waals surface area contributed by atoms with Gasteiger partial charge in [0.1, 0.15) is 0 Å². The van der Waals surface area contributed by atoms with E-state index in [0.717, 1.165) is 19.6 Å². The molecule has 1 fully saturated rings. The summed E-state index contributed by atoms with van der Waals surface area (Å²) >= 11 is 0. The van der Waals surface area contributed by atoms with Gasteiger partial charge in [-0.05, 0) is 6.54 Å². The second-order valence-electron chi connectivity index (χ2n) is 2.72. The number of nitrogens with two attached hydrogens (primary N) is 1. The lowest BCUT2D eigenvalue weighted by molar-refractivity contribution is -0.121. The minimum atomic E-state index is -0.00713. The van der Waals surface area contributed by atoms with Crippen LogP contribution < -0.4 is 16.4 Å². The van der Waals surface area contributed by atoms with Gasteiger partial charge < -0.3 is 16.4 Å². The zero-order valence-corrected chi connectivity index (χ0v) is 6.60. The molecule has 0 bridgehead atoms. The molecule has 0 aliphatic carbocycles. The van der Waals surface area contributed by atoms with E-state index in [9.17, 15) is 4.79 Å². The Labute approximate surface area is 66.5 Å². The van der Waals surface area contributed by atoms with Gasteiger partial charge in [-0.15, -0.1) is 0 Å². The fourth-order valence-corrected chi connectivity index (χ4v) is 1.20.